The fourth-order valence-corrected chi connectivity index (χ4v) is 3.17. The van der Waals surface area contributed by atoms with Gasteiger partial charge < -0.3 is 14.6 Å². The van der Waals surface area contributed by atoms with Crippen LogP contribution in [0.5, 0.6) is 0 Å². The predicted molar refractivity (Wildman–Crippen MR) is 99.0 cm³/mol. The van der Waals surface area contributed by atoms with Gasteiger partial charge in [0.25, 0.3) is 5.91 Å². The van der Waals surface area contributed by atoms with Crippen molar-refractivity contribution in [1.82, 2.24) is 15.5 Å². The van der Waals surface area contributed by atoms with Crippen LogP contribution in [0.2, 0.25) is 5.02 Å². The lowest BCUT2D eigenvalue weighted by Crippen LogP contribution is -2.46. The van der Waals surface area contributed by atoms with Crippen LogP contribution in [0, 0.1) is 11.3 Å². The smallest absolute Gasteiger partial charge is 0.306 e. The summed E-state index contributed by atoms with van der Waals surface area (Å²) in [5.41, 5.74) is -0.0809. The highest BCUT2D eigenvalue weighted by Gasteiger charge is 2.35. The lowest BCUT2D eigenvalue weighted by Gasteiger charge is -2.21. The Bertz CT molecular complexity index is 882. The number of rotatable bonds is 7. The van der Waals surface area contributed by atoms with E-state index in [1.165, 1.54) is 0 Å². The number of carbonyl (C=O) groups excluding carboxylic acids is 2. The third kappa shape index (κ3) is 5.08. The third-order valence-electron chi connectivity index (χ3n) is 4.53. The molecule has 9 heteroatoms. The number of carbonyl (C=O) groups is 2. The second-order valence-electron chi connectivity index (χ2n) is 6.63. The van der Waals surface area contributed by atoms with Gasteiger partial charge in [0, 0.05) is 17.0 Å². The van der Waals surface area contributed by atoms with Gasteiger partial charge in [-0.2, -0.15) is 10.2 Å². The molecular formula is C19H19ClN4O4. The molecule has 146 valence electrons. The van der Waals surface area contributed by atoms with Gasteiger partial charge in [0.05, 0.1) is 12.5 Å². The van der Waals surface area contributed by atoms with Crippen LogP contribution in [0.3, 0.4) is 0 Å². The summed E-state index contributed by atoms with van der Waals surface area (Å²) in [5, 5.41) is 16.4. The SMILES string of the molecule is N#CC1(NC(=O)COC(=O)CCc2nc(-c3ccc(Cl)cc3)no2)CCCC1. The average molecular weight is 403 g/mol. The maximum Gasteiger partial charge on any atom is 0.306 e. The predicted octanol–water partition coefficient (Wildman–Crippen LogP) is 2.82. The number of amides is 1. The number of aromatic nitrogens is 2. The van der Waals surface area contributed by atoms with Gasteiger partial charge in [-0.05, 0) is 49.9 Å². The highest BCUT2D eigenvalue weighted by Crippen LogP contribution is 2.28. The third-order valence-corrected chi connectivity index (χ3v) is 4.78. The molecule has 1 N–H and O–H groups in total. The molecule has 1 aliphatic carbocycles. The fourth-order valence-electron chi connectivity index (χ4n) is 3.05. The molecule has 0 bridgehead atoms. The zero-order chi connectivity index (χ0) is 20.0. The molecule has 0 spiro atoms. The summed E-state index contributed by atoms with van der Waals surface area (Å²) in [6, 6.07) is 9.13. The Morgan fingerprint density at radius 1 is 1.29 bits per heavy atom. The number of benzene rings is 1. The molecule has 1 heterocycles. The van der Waals surface area contributed by atoms with E-state index >= 15 is 0 Å². The van der Waals surface area contributed by atoms with E-state index in [-0.39, 0.29) is 12.8 Å². The van der Waals surface area contributed by atoms with Crippen LogP contribution in [-0.2, 0) is 20.7 Å². The van der Waals surface area contributed by atoms with Gasteiger partial charge in [-0.1, -0.05) is 16.8 Å². The quantitative estimate of drug-likeness (QED) is 0.707. The molecule has 1 aromatic carbocycles. The Balaban J connectivity index is 1.43. The van der Waals surface area contributed by atoms with Gasteiger partial charge in [0.2, 0.25) is 11.7 Å². The molecule has 3 rings (SSSR count). The Hall–Kier alpha value is -2.92. The number of aryl methyl sites for hydroxylation is 1. The van der Waals surface area contributed by atoms with Crippen molar-refractivity contribution < 1.29 is 18.8 Å². The first kappa shape index (κ1) is 19.8. The van der Waals surface area contributed by atoms with Crippen LogP contribution in [0.4, 0.5) is 0 Å². The van der Waals surface area contributed by atoms with E-state index in [4.69, 9.17) is 20.9 Å². The summed E-state index contributed by atoms with van der Waals surface area (Å²) in [5.74, 6) is -0.336. The Morgan fingerprint density at radius 2 is 2.00 bits per heavy atom. The lowest BCUT2D eigenvalue weighted by atomic mass is 10.00. The van der Waals surface area contributed by atoms with Gasteiger partial charge in [0.15, 0.2) is 6.61 Å². The molecule has 0 aliphatic heterocycles. The summed E-state index contributed by atoms with van der Waals surface area (Å²) in [6.07, 6.45) is 3.24. The van der Waals surface area contributed by atoms with Gasteiger partial charge in [0.1, 0.15) is 5.54 Å². The maximum atomic E-state index is 11.9. The van der Waals surface area contributed by atoms with Crippen molar-refractivity contribution in [3.05, 3.63) is 35.2 Å². The van der Waals surface area contributed by atoms with Crippen molar-refractivity contribution >= 4 is 23.5 Å². The van der Waals surface area contributed by atoms with E-state index in [9.17, 15) is 14.9 Å². The second-order valence-corrected chi connectivity index (χ2v) is 7.06. The van der Waals surface area contributed by atoms with Gasteiger partial charge in [-0.25, -0.2) is 0 Å². The molecule has 2 aromatic rings. The molecule has 1 aromatic heterocycles. The summed E-state index contributed by atoms with van der Waals surface area (Å²) < 4.78 is 10.1. The molecule has 0 unspecified atom stereocenters. The lowest BCUT2D eigenvalue weighted by molar-refractivity contribution is -0.149. The first-order valence-corrected chi connectivity index (χ1v) is 9.34. The molecule has 28 heavy (non-hydrogen) atoms. The van der Waals surface area contributed by atoms with Gasteiger partial charge in [-0.15, -0.1) is 0 Å². The van der Waals surface area contributed by atoms with E-state index in [0.29, 0.717) is 29.6 Å². The Labute approximate surface area is 166 Å². The number of nitriles is 1. The Morgan fingerprint density at radius 3 is 2.68 bits per heavy atom. The van der Waals surface area contributed by atoms with Crippen molar-refractivity contribution in [2.24, 2.45) is 0 Å². The first-order chi connectivity index (χ1) is 13.5. The van der Waals surface area contributed by atoms with Gasteiger partial charge >= 0.3 is 5.97 Å². The first-order valence-electron chi connectivity index (χ1n) is 8.96. The largest absolute Gasteiger partial charge is 0.456 e. The molecule has 0 saturated heterocycles. The van der Waals surface area contributed by atoms with Crippen LogP contribution < -0.4 is 5.32 Å². The molecule has 0 radical (unpaired) electrons. The average Bonchev–Trinajstić information content (AvgIpc) is 3.35. The van der Waals surface area contributed by atoms with Crippen molar-refractivity contribution in [2.45, 2.75) is 44.1 Å². The van der Waals surface area contributed by atoms with Crippen LogP contribution in [0.1, 0.15) is 38.0 Å². The number of hydrogen-bond acceptors (Lipinski definition) is 7. The van der Waals surface area contributed by atoms with Crippen LogP contribution >= 0.6 is 11.6 Å². The van der Waals surface area contributed by atoms with Crippen LogP contribution in [-0.4, -0.2) is 34.2 Å². The Kier molecular flexibility index (Phi) is 6.26. The number of hydrogen-bond donors (Lipinski definition) is 1. The molecular weight excluding hydrogens is 384 g/mol. The fraction of sp³-hybridized carbons (Fsp3) is 0.421. The number of ether oxygens (including phenoxy) is 1. The van der Waals surface area contributed by atoms with E-state index in [1.54, 1.807) is 24.3 Å². The zero-order valence-electron chi connectivity index (χ0n) is 15.1. The minimum atomic E-state index is -0.828. The maximum absolute atomic E-state index is 11.9. The second kappa shape index (κ2) is 8.85. The normalized spacial score (nSPS) is 15.0. The monoisotopic (exact) mass is 402 g/mol. The van der Waals surface area contributed by atoms with E-state index in [0.717, 1.165) is 18.4 Å². The van der Waals surface area contributed by atoms with Gasteiger partial charge in [-0.3, -0.25) is 9.59 Å². The van der Waals surface area contributed by atoms with Crippen molar-refractivity contribution in [1.29, 1.82) is 5.26 Å². The van der Waals surface area contributed by atoms with Crippen LogP contribution in [0.15, 0.2) is 28.8 Å². The molecule has 1 saturated carbocycles. The summed E-state index contributed by atoms with van der Waals surface area (Å²) in [6.45, 7) is -0.415. The van der Waals surface area contributed by atoms with Crippen molar-refractivity contribution in [3.63, 3.8) is 0 Å². The number of halogens is 1. The minimum absolute atomic E-state index is 0.00107. The summed E-state index contributed by atoms with van der Waals surface area (Å²) in [7, 11) is 0. The van der Waals surface area contributed by atoms with E-state index in [2.05, 4.69) is 21.5 Å². The molecule has 1 aliphatic rings. The molecule has 8 nitrogen and oxygen atoms in total. The van der Waals surface area contributed by atoms with E-state index < -0.39 is 24.0 Å². The number of nitrogens with one attached hydrogen (secondary N) is 1. The van der Waals surface area contributed by atoms with Crippen molar-refractivity contribution in [3.8, 4) is 17.5 Å². The topological polar surface area (TPSA) is 118 Å². The summed E-state index contributed by atoms with van der Waals surface area (Å²) in [4.78, 5) is 28.0. The van der Waals surface area contributed by atoms with Crippen LogP contribution in [0.25, 0.3) is 11.4 Å². The number of nitrogens with zero attached hydrogens (tertiary/aromatic N) is 3. The number of esters is 1. The van der Waals surface area contributed by atoms with Crippen molar-refractivity contribution in [2.75, 3.05) is 6.61 Å². The minimum Gasteiger partial charge on any atom is -0.456 e. The standard InChI is InChI=1S/C19H19ClN4O4/c20-14-5-3-13(4-6-14)18-22-16(28-24-18)7-8-17(26)27-11-15(25)23-19(12-21)9-1-2-10-19/h3-6H,1-2,7-11H2,(H,23,25). The molecule has 1 amide bonds. The molecule has 1 fully saturated rings. The zero-order valence-corrected chi connectivity index (χ0v) is 15.9. The molecule has 0 atom stereocenters. The highest BCUT2D eigenvalue weighted by molar-refractivity contribution is 6.30. The highest BCUT2D eigenvalue weighted by atomic mass is 35.5. The summed E-state index contributed by atoms with van der Waals surface area (Å²) >= 11 is 5.84. The van der Waals surface area contributed by atoms with E-state index in [1.807, 2.05) is 0 Å².